The third-order valence-electron chi connectivity index (χ3n) is 7.85. The predicted molar refractivity (Wildman–Crippen MR) is 157 cm³/mol. The maximum Gasteiger partial charge on any atom is 0.235 e. The lowest BCUT2D eigenvalue weighted by molar-refractivity contribution is -0.133. The molecule has 1 fully saturated rings. The van der Waals surface area contributed by atoms with E-state index in [1.165, 1.54) is 41.2 Å². The Balaban J connectivity index is 1.35. The maximum atomic E-state index is 13.3. The second-order valence-electron chi connectivity index (χ2n) is 10.4. The SMILES string of the molecule is CS(=O)(=O)N1C=CC(C#N)(CC(=O)N2CCC([C@H]3c4ncc(Br)cc4CCc4cc(Cl)cc(Br)c43)CC2)C=C1. The first kappa shape index (κ1) is 28.3. The van der Waals surface area contributed by atoms with Crippen LogP contribution in [0.3, 0.4) is 0 Å². The molecule has 3 heterocycles. The van der Waals surface area contributed by atoms with Crippen LogP contribution >= 0.6 is 43.5 Å². The summed E-state index contributed by atoms with van der Waals surface area (Å²) < 4.78 is 26.6. The zero-order valence-corrected chi connectivity index (χ0v) is 26.0. The smallest absolute Gasteiger partial charge is 0.235 e. The molecule has 1 amide bonds. The fourth-order valence-electron chi connectivity index (χ4n) is 5.85. The molecule has 1 aromatic heterocycles. The zero-order valence-electron chi connectivity index (χ0n) is 21.3. The number of piperidine rings is 1. The van der Waals surface area contributed by atoms with Crippen molar-refractivity contribution >= 4 is 59.4 Å². The number of aryl methyl sites for hydroxylation is 2. The van der Waals surface area contributed by atoms with Crippen LogP contribution in [-0.4, -0.2) is 47.9 Å². The predicted octanol–water partition coefficient (Wildman–Crippen LogP) is 5.93. The highest BCUT2D eigenvalue weighted by Crippen LogP contribution is 2.46. The molecule has 2 aliphatic heterocycles. The molecule has 0 unspecified atom stereocenters. The van der Waals surface area contributed by atoms with Crippen LogP contribution in [0.15, 0.2) is 57.9 Å². The van der Waals surface area contributed by atoms with E-state index in [1.54, 1.807) is 0 Å². The minimum Gasteiger partial charge on any atom is -0.343 e. The van der Waals surface area contributed by atoms with Gasteiger partial charge in [-0.25, -0.2) is 8.42 Å². The summed E-state index contributed by atoms with van der Waals surface area (Å²) in [5.41, 5.74) is 3.59. The summed E-state index contributed by atoms with van der Waals surface area (Å²) in [5.74, 6) is 0.235. The number of likely N-dealkylation sites (tertiary alicyclic amines) is 1. The number of hydrogen-bond acceptors (Lipinski definition) is 5. The molecule has 1 aliphatic carbocycles. The monoisotopic (exact) mass is 692 g/mol. The van der Waals surface area contributed by atoms with Gasteiger partial charge in [0.2, 0.25) is 15.9 Å². The Labute approximate surface area is 250 Å². The van der Waals surface area contributed by atoms with Gasteiger partial charge in [-0.15, -0.1) is 0 Å². The Morgan fingerprint density at radius 1 is 1.15 bits per heavy atom. The van der Waals surface area contributed by atoms with Gasteiger partial charge in [-0.3, -0.25) is 14.1 Å². The summed E-state index contributed by atoms with van der Waals surface area (Å²) in [6.07, 6.45) is 11.9. The first-order valence-corrected chi connectivity index (χ1v) is 16.5. The molecular weight excluding hydrogens is 668 g/mol. The van der Waals surface area contributed by atoms with Gasteiger partial charge in [0.15, 0.2) is 0 Å². The fourth-order valence-corrected chi connectivity index (χ4v) is 7.91. The largest absolute Gasteiger partial charge is 0.343 e. The molecule has 5 rings (SSSR count). The number of halogens is 3. The molecule has 39 heavy (non-hydrogen) atoms. The van der Waals surface area contributed by atoms with Crippen molar-refractivity contribution in [2.75, 3.05) is 19.3 Å². The van der Waals surface area contributed by atoms with Crippen molar-refractivity contribution < 1.29 is 13.2 Å². The number of carbonyl (C=O) groups excluding carboxylic acids is 1. The van der Waals surface area contributed by atoms with Crippen molar-refractivity contribution in [1.82, 2.24) is 14.2 Å². The summed E-state index contributed by atoms with van der Waals surface area (Å²) in [7, 11) is -3.47. The lowest BCUT2D eigenvalue weighted by atomic mass is 9.76. The number of hydrogen-bond donors (Lipinski definition) is 0. The zero-order chi connectivity index (χ0) is 27.9. The minimum absolute atomic E-state index is 0.0342. The Morgan fingerprint density at radius 3 is 2.46 bits per heavy atom. The number of aromatic nitrogens is 1. The first-order chi connectivity index (χ1) is 18.5. The van der Waals surface area contributed by atoms with E-state index >= 15 is 0 Å². The third-order valence-corrected chi connectivity index (χ3v) is 10.2. The summed E-state index contributed by atoms with van der Waals surface area (Å²) in [4.78, 5) is 20.0. The molecular formula is C28H27Br2ClN4O3S. The van der Waals surface area contributed by atoms with Gasteiger partial charge in [-0.05, 0) is 94.6 Å². The van der Waals surface area contributed by atoms with Gasteiger partial charge in [-0.2, -0.15) is 5.26 Å². The minimum atomic E-state index is -3.47. The topological polar surface area (TPSA) is 94.4 Å². The molecule has 0 spiro atoms. The van der Waals surface area contributed by atoms with E-state index in [0.717, 1.165) is 50.9 Å². The highest BCUT2D eigenvalue weighted by atomic mass is 79.9. The molecule has 0 N–H and O–H groups in total. The molecule has 1 aromatic carbocycles. The summed E-state index contributed by atoms with van der Waals surface area (Å²) >= 11 is 13.8. The van der Waals surface area contributed by atoms with Crippen molar-refractivity contribution in [3.8, 4) is 6.07 Å². The molecule has 0 saturated carbocycles. The second kappa shape index (κ2) is 11.0. The van der Waals surface area contributed by atoms with Crippen LogP contribution in [0.1, 0.15) is 47.6 Å². The lowest BCUT2D eigenvalue weighted by Gasteiger charge is -2.38. The van der Waals surface area contributed by atoms with E-state index in [0.29, 0.717) is 18.1 Å². The summed E-state index contributed by atoms with van der Waals surface area (Å²) in [6.45, 7) is 1.16. The standard InChI is InChI=1S/C28H27Br2ClN4O3S/c1-39(37,38)35-10-6-28(17-32,7-11-35)15-24(36)34-8-4-18(5-9-34)26-25-19(13-22(31)14-23(25)30)2-3-20-12-21(29)16-33-27(20)26/h6-7,10-14,16,18,26H,2-5,8-9,15H2,1H3/t26-/m1/s1. The quantitative estimate of drug-likeness (QED) is 0.396. The second-order valence-corrected chi connectivity index (χ2v) is 14.5. The van der Waals surface area contributed by atoms with Crippen molar-refractivity contribution in [2.24, 2.45) is 11.3 Å². The van der Waals surface area contributed by atoms with Gasteiger partial charge in [0, 0.05) is 51.6 Å². The molecule has 1 atom stereocenters. The number of nitriles is 1. The number of carbonyl (C=O) groups is 1. The highest BCUT2D eigenvalue weighted by molar-refractivity contribution is 9.10. The molecule has 7 nitrogen and oxygen atoms in total. The molecule has 11 heteroatoms. The number of allylic oxidation sites excluding steroid dienone is 2. The van der Waals surface area contributed by atoms with Crippen molar-refractivity contribution in [1.29, 1.82) is 5.26 Å². The molecule has 3 aliphatic rings. The van der Waals surface area contributed by atoms with Crippen molar-refractivity contribution in [3.63, 3.8) is 0 Å². The third kappa shape index (κ3) is 5.83. The number of amides is 1. The molecule has 0 bridgehead atoms. The van der Waals surface area contributed by atoms with Crippen LogP contribution in [0, 0.1) is 22.7 Å². The van der Waals surface area contributed by atoms with Crippen molar-refractivity contribution in [2.45, 2.75) is 38.0 Å². The van der Waals surface area contributed by atoms with Gasteiger partial charge in [0.1, 0.15) is 5.41 Å². The van der Waals surface area contributed by atoms with Crippen LogP contribution in [0.2, 0.25) is 5.02 Å². The lowest BCUT2D eigenvalue weighted by Crippen LogP contribution is -2.42. The normalized spacial score (nSPS) is 20.6. The van der Waals surface area contributed by atoms with Crippen LogP contribution in [0.5, 0.6) is 0 Å². The molecule has 2 aromatic rings. The number of pyridine rings is 1. The van der Waals surface area contributed by atoms with Gasteiger partial charge in [0.05, 0.1) is 24.4 Å². The van der Waals surface area contributed by atoms with E-state index < -0.39 is 15.4 Å². The average molecular weight is 695 g/mol. The Hall–Kier alpha value is -2.19. The van der Waals surface area contributed by atoms with E-state index in [1.807, 2.05) is 17.2 Å². The first-order valence-electron chi connectivity index (χ1n) is 12.7. The van der Waals surface area contributed by atoms with Crippen LogP contribution in [0.25, 0.3) is 0 Å². The highest BCUT2D eigenvalue weighted by Gasteiger charge is 2.38. The summed E-state index contributed by atoms with van der Waals surface area (Å²) in [5, 5.41) is 10.6. The van der Waals surface area contributed by atoms with Gasteiger partial charge >= 0.3 is 0 Å². The number of nitrogens with zero attached hydrogens (tertiary/aromatic N) is 4. The van der Waals surface area contributed by atoms with Gasteiger partial charge in [-0.1, -0.05) is 27.5 Å². The number of rotatable bonds is 4. The van der Waals surface area contributed by atoms with E-state index in [2.05, 4.69) is 50.1 Å². The number of fused-ring (bicyclic) bond motifs is 2. The average Bonchev–Trinajstić information content (AvgIpc) is 3.05. The Morgan fingerprint density at radius 2 is 1.82 bits per heavy atom. The van der Waals surface area contributed by atoms with Crippen molar-refractivity contribution in [3.05, 3.63) is 85.3 Å². The maximum absolute atomic E-state index is 13.3. The molecule has 1 saturated heterocycles. The Kier molecular flexibility index (Phi) is 7.99. The van der Waals surface area contributed by atoms with E-state index in [-0.39, 0.29) is 24.2 Å². The van der Waals surface area contributed by atoms with Crippen LogP contribution in [-0.2, 0) is 27.7 Å². The fraction of sp³-hybridized carbons (Fsp3) is 0.393. The van der Waals surface area contributed by atoms with Gasteiger partial charge < -0.3 is 4.90 Å². The summed E-state index contributed by atoms with van der Waals surface area (Å²) in [6, 6.07) is 8.37. The van der Waals surface area contributed by atoms with Crippen LogP contribution < -0.4 is 0 Å². The van der Waals surface area contributed by atoms with E-state index in [4.69, 9.17) is 16.6 Å². The Bertz CT molecular complexity index is 1510. The number of sulfonamides is 1. The molecule has 204 valence electrons. The molecule has 0 radical (unpaired) electrons. The number of benzene rings is 1. The van der Waals surface area contributed by atoms with E-state index in [9.17, 15) is 18.5 Å². The van der Waals surface area contributed by atoms with Gasteiger partial charge in [0.25, 0.3) is 0 Å². The van der Waals surface area contributed by atoms with Crippen LogP contribution in [0.4, 0.5) is 0 Å².